The molecule has 0 fully saturated rings. The molecule has 0 saturated heterocycles. The summed E-state index contributed by atoms with van der Waals surface area (Å²) in [5.41, 5.74) is 8.83. The van der Waals surface area contributed by atoms with E-state index in [0.717, 1.165) is 17.0 Å². The first kappa shape index (κ1) is 13.9. The molecule has 2 aromatic heterocycles. The number of rotatable bonds is 4. The van der Waals surface area contributed by atoms with Gasteiger partial charge in [0.15, 0.2) is 0 Å². The van der Waals surface area contributed by atoms with E-state index in [9.17, 15) is 4.79 Å². The molecule has 0 aromatic carbocycles. The number of aryl methyl sites for hydroxylation is 2. The second-order valence-electron chi connectivity index (χ2n) is 4.59. The molecule has 0 spiro atoms. The molecular formula is C13H17N5O2. The highest BCUT2D eigenvalue weighted by Crippen LogP contribution is 2.17. The Kier molecular flexibility index (Phi) is 3.60. The summed E-state index contributed by atoms with van der Waals surface area (Å²) in [5, 5.41) is 16.4. The van der Waals surface area contributed by atoms with Gasteiger partial charge in [-0.2, -0.15) is 5.10 Å². The maximum atomic E-state index is 11.0. The van der Waals surface area contributed by atoms with Gasteiger partial charge in [0, 0.05) is 24.8 Å². The Morgan fingerprint density at radius 2 is 2.20 bits per heavy atom. The third-order valence-electron chi connectivity index (χ3n) is 3.27. The van der Waals surface area contributed by atoms with Crippen molar-refractivity contribution in [1.29, 1.82) is 0 Å². The number of nitrogen functional groups attached to an aromatic ring is 1. The first-order valence-electron chi connectivity index (χ1n) is 6.12. The monoisotopic (exact) mass is 275 g/mol. The zero-order valence-corrected chi connectivity index (χ0v) is 11.6. The summed E-state index contributed by atoms with van der Waals surface area (Å²) in [4.78, 5) is 15.1. The zero-order valence-electron chi connectivity index (χ0n) is 11.6. The van der Waals surface area contributed by atoms with Crippen LogP contribution in [-0.2, 0) is 13.6 Å². The molecule has 2 aromatic rings. The number of nitrogens with zero attached hydrogens (tertiary/aromatic N) is 3. The van der Waals surface area contributed by atoms with Crippen molar-refractivity contribution in [2.75, 3.05) is 11.1 Å². The maximum absolute atomic E-state index is 11.0. The highest BCUT2D eigenvalue weighted by molar-refractivity contribution is 5.94. The van der Waals surface area contributed by atoms with Crippen LogP contribution in [0.1, 0.15) is 27.3 Å². The van der Waals surface area contributed by atoms with E-state index in [2.05, 4.69) is 15.4 Å². The number of carboxylic acids is 1. The van der Waals surface area contributed by atoms with Crippen molar-refractivity contribution in [2.24, 2.45) is 7.05 Å². The molecule has 0 saturated carbocycles. The number of hydrogen-bond acceptors (Lipinski definition) is 5. The third kappa shape index (κ3) is 2.56. The van der Waals surface area contributed by atoms with Crippen molar-refractivity contribution in [3.05, 3.63) is 34.8 Å². The Morgan fingerprint density at radius 3 is 2.75 bits per heavy atom. The second-order valence-corrected chi connectivity index (χ2v) is 4.59. The van der Waals surface area contributed by atoms with Gasteiger partial charge < -0.3 is 16.2 Å². The summed E-state index contributed by atoms with van der Waals surface area (Å²) in [6, 6.07) is 1.43. The van der Waals surface area contributed by atoms with Crippen LogP contribution in [0.15, 0.2) is 12.3 Å². The van der Waals surface area contributed by atoms with Crippen LogP contribution in [0, 0.1) is 13.8 Å². The molecule has 2 heterocycles. The second kappa shape index (κ2) is 5.20. The van der Waals surface area contributed by atoms with Crippen molar-refractivity contribution in [2.45, 2.75) is 20.4 Å². The smallest absolute Gasteiger partial charge is 0.337 e. The lowest BCUT2D eigenvalue weighted by atomic mass is 10.2. The van der Waals surface area contributed by atoms with Crippen LogP contribution < -0.4 is 11.1 Å². The van der Waals surface area contributed by atoms with Crippen LogP contribution in [0.2, 0.25) is 0 Å². The fourth-order valence-electron chi connectivity index (χ4n) is 2.00. The number of carbonyl (C=O) groups is 1. The van der Waals surface area contributed by atoms with Crippen LogP contribution in [0.25, 0.3) is 0 Å². The van der Waals surface area contributed by atoms with E-state index in [1.54, 1.807) is 0 Å². The minimum atomic E-state index is -1.07. The first-order chi connectivity index (χ1) is 9.40. The van der Waals surface area contributed by atoms with Crippen molar-refractivity contribution >= 4 is 17.5 Å². The zero-order chi connectivity index (χ0) is 14.9. The van der Waals surface area contributed by atoms with Crippen molar-refractivity contribution < 1.29 is 9.90 Å². The van der Waals surface area contributed by atoms with Gasteiger partial charge in [-0.05, 0) is 19.9 Å². The number of carboxylic acid groups (broad SMARTS) is 1. The molecule has 0 atom stereocenters. The molecule has 7 nitrogen and oxygen atoms in total. The molecule has 0 bridgehead atoms. The normalized spacial score (nSPS) is 10.6. The third-order valence-corrected chi connectivity index (χ3v) is 3.27. The van der Waals surface area contributed by atoms with E-state index < -0.39 is 5.97 Å². The van der Waals surface area contributed by atoms with Gasteiger partial charge in [-0.25, -0.2) is 9.78 Å². The Labute approximate surface area is 116 Å². The molecule has 2 rings (SSSR count). The van der Waals surface area contributed by atoms with Gasteiger partial charge in [0.25, 0.3) is 0 Å². The number of aromatic carboxylic acids is 1. The Bertz CT molecular complexity index is 663. The lowest BCUT2D eigenvalue weighted by molar-refractivity contribution is 0.0698. The Hall–Kier alpha value is -2.57. The van der Waals surface area contributed by atoms with Gasteiger partial charge in [0.05, 0.1) is 23.1 Å². The molecule has 0 amide bonds. The van der Waals surface area contributed by atoms with E-state index in [4.69, 9.17) is 10.8 Å². The minimum absolute atomic E-state index is 0.0436. The molecule has 7 heteroatoms. The molecular weight excluding hydrogens is 258 g/mol. The standard InChI is InChI=1S/C13H17N5O2/c1-7-10(8(2)18(3)17-7)5-15-12-4-9(13(19)20)11(14)6-16-12/h4,6H,5,14H2,1-3H3,(H,15,16)(H,19,20). The fourth-order valence-corrected chi connectivity index (χ4v) is 2.00. The average Bonchev–Trinajstić information content (AvgIpc) is 2.62. The summed E-state index contributed by atoms with van der Waals surface area (Å²) in [6.07, 6.45) is 1.34. The number of hydrogen-bond donors (Lipinski definition) is 3. The van der Waals surface area contributed by atoms with Crippen LogP contribution in [-0.4, -0.2) is 25.8 Å². The van der Waals surface area contributed by atoms with Crippen LogP contribution in [0.4, 0.5) is 11.5 Å². The van der Waals surface area contributed by atoms with Crippen LogP contribution in [0.5, 0.6) is 0 Å². The van der Waals surface area contributed by atoms with Gasteiger partial charge in [-0.3, -0.25) is 4.68 Å². The lowest BCUT2D eigenvalue weighted by Gasteiger charge is -2.08. The number of pyridine rings is 1. The molecule has 20 heavy (non-hydrogen) atoms. The van der Waals surface area contributed by atoms with Crippen LogP contribution in [0.3, 0.4) is 0 Å². The quantitative estimate of drug-likeness (QED) is 0.777. The minimum Gasteiger partial charge on any atom is -0.478 e. The SMILES string of the molecule is Cc1nn(C)c(C)c1CNc1cc(C(=O)O)c(N)cn1. The van der Waals surface area contributed by atoms with Crippen LogP contribution >= 0.6 is 0 Å². The Morgan fingerprint density at radius 1 is 1.50 bits per heavy atom. The fraction of sp³-hybridized carbons (Fsp3) is 0.308. The van der Waals surface area contributed by atoms with Gasteiger partial charge >= 0.3 is 5.97 Å². The van der Waals surface area contributed by atoms with E-state index in [-0.39, 0.29) is 11.3 Å². The predicted molar refractivity (Wildman–Crippen MR) is 75.6 cm³/mol. The predicted octanol–water partition coefficient (Wildman–Crippen LogP) is 1.32. The first-order valence-corrected chi connectivity index (χ1v) is 6.12. The highest BCUT2D eigenvalue weighted by Gasteiger charge is 2.12. The van der Waals surface area contributed by atoms with Crippen molar-refractivity contribution in [3.63, 3.8) is 0 Å². The molecule has 4 N–H and O–H groups in total. The van der Waals surface area contributed by atoms with Gasteiger partial charge in [-0.1, -0.05) is 0 Å². The van der Waals surface area contributed by atoms with Crippen molar-refractivity contribution in [3.8, 4) is 0 Å². The highest BCUT2D eigenvalue weighted by atomic mass is 16.4. The summed E-state index contributed by atoms with van der Waals surface area (Å²) in [5.74, 6) is -0.596. The summed E-state index contributed by atoms with van der Waals surface area (Å²) in [7, 11) is 1.88. The molecule has 0 aliphatic heterocycles. The number of nitrogens with one attached hydrogen (secondary N) is 1. The van der Waals surface area contributed by atoms with E-state index in [1.165, 1.54) is 12.3 Å². The number of anilines is 2. The van der Waals surface area contributed by atoms with Gasteiger partial charge in [0.2, 0.25) is 0 Å². The lowest BCUT2D eigenvalue weighted by Crippen LogP contribution is -2.08. The molecule has 0 unspecified atom stereocenters. The largest absolute Gasteiger partial charge is 0.478 e. The van der Waals surface area contributed by atoms with Gasteiger partial charge in [-0.15, -0.1) is 0 Å². The Balaban J connectivity index is 2.19. The van der Waals surface area contributed by atoms with Crippen molar-refractivity contribution in [1.82, 2.24) is 14.8 Å². The van der Waals surface area contributed by atoms with E-state index in [1.807, 2.05) is 25.6 Å². The molecule has 0 aliphatic carbocycles. The number of nitrogens with two attached hydrogens (primary N) is 1. The van der Waals surface area contributed by atoms with E-state index >= 15 is 0 Å². The summed E-state index contributed by atoms with van der Waals surface area (Å²) >= 11 is 0. The number of aromatic nitrogens is 3. The molecule has 0 radical (unpaired) electrons. The molecule has 0 aliphatic rings. The topological polar surface area (TPSA) is 106 Å². The summed E-state index contributed by atoms with van der Waals surface area (Å²) in [6.45, 7) is 4.45. The molecule has 106 valence electrons. The summed E-state index contributed by atoms with van der Waals surface area (Å²) < 4.78 is 1.81. The average molecular weight is 275 g/mol. The van der Waals surface area contributed by atoms with Gasteiger partial charge in [0.1, 0.15) is 5.82 Å². The van der Waals surface area contributed by atoms with E-state index in [0.29, 0.717) is 12.4 Å². The maximum Gasteiger partial charge on any atom is 0.337 e.